The van der Waals surface area contributed by atoms with Crippen LogP contribution in [0.1, 0.15) is 10.8 Å². The fourth-order valence-corrected chi connectivity index (χ4v) is 4.13. The highest BCUT2D eigenvalue weighted by Gasteiger charge is 2.30. The number of halogens is 1. The molecule has 2 unspecified atom stereocenters. The van der Waals surface area contributed by atoms with Gasteiger partial charge in [-0.2, -0.15) is 0 Å². The zero-order valence-corrected chi connectivity index (χ0v) is 18.5. The van der Waals surface area contributed by atoms with Crippen molar-refractivity contribution in [3.63, 3.8) is 0 Å². The van der Waals surface area contributed by atoms with Crippen LogP contribution < -0.4 is 15.2 Å². The summed E-state index contributed by atoms with van der Waals surface area (Å²) >= 11 is 7.16. The summed E-state index contributed by atoms with van der Waals surface area (Å²) in [6, 6.07) is 19.3. The van der Waals surface area contributed by atoms with Gasteiger partial charge in [-0.25, -0.2) is 4.79 Å². The van der Waals surface area contributed by atoms with Crippen LogP contribution in [0.3, 0.4) is 0 Å². The fraction of sp³-hybridized carbons (Fsp3) is 0.174. The van der Waals surface area contributed by atoms with E-state index >= 15 is 0 Å². The molecule has 0 amide bonds. The highest BCUT2D eigenvalue weighted by molar-refractivity contribution is 7.99. The third-order valence-corrected chi connectivity index (χ3v) is 6.11. The van der Waals surface area contributed by atoms with E-state index in [0.717, 1.165) is 0 Å². The van der Waals surface area contributed by atoms with Gasteiger partial charge in [0.05, 0.1) is 19.5 Å². The molecule has 0 saturated heterocycles. The molecule has 0 spiro atoms. The van der Waals surface area contributed by atoms with Gasteiger partial charge in [-0.1, -0.05) is 23.7 Å². The molecule has 0 radical (unpaired) electrons. The highest BCUT2D eigenvalue weighted by atomic mass is 35.5. The summed E-state index contributed by atoms with van der Waals surface area (Å²) in [5, 5.41) is 10.6. The summed E-state index contributed by atoms with van der Waals surface area (Å²) in [6.45, 7) is 0. The maximum atomic E-state index is 12.1. The molecule has 3 rings (SSSR count). The van der Waals surface area contributed by atoms with Crippen LogP contribution in [0.2, 0.25) is 5.02 Å². The van der Waals surface area contributed by atoms with Crippen molar-refractivity contribution in [1.29, 1.82) is 0 Å². The normalized spacial score (nSPS) is 12.6. The van der Waals surface area contributed by atoms with Crippen LogP contribution in [0.5, 0.6) is 17.2 Å². The van der Waals surface area contributed by atoms with E-state index in [1.807, 2.05) is 0 Å². The van der Waals surface area contributed by atoms with Crippen LogP contribution in [-0.2, 0) is 9.53 Å². The van der Waals surface area contributed by atoms with Crippen LogP contribution in [0, 0.1) is 0 Å². The molecule has 0 saturated carbocycles. The largest absolute Gasteiger partial charge is 0.497 e. The SMILES string of the molecule is COC(=O)C(O)C(Sc1cc(Oc2ccc(Cl)cc2)ccc1N)c1ccc(OC)cc1. The van der Waals surface area contributed by atoms with E-state index in [-0.39, 0.29) is 0 Å². The van der Waals surface area contributed by atoms with Crippen LogP contribution in [-0.4, -0.2) is 31.4 Å². The number of aliphatic hydroxyl groups excluding tert-OH is 1. The van der Waals surface area contributed by atoms with Crippen molar-refractivity contribution < 1.29 is 24.1 Å². The van der Waals surface area contributed by atoms with E-state index in [1.165, 1.54) is 18.9 Å². The molecule has 162 valence electrons. The lowest BCUT2D eigenvalue weighted by molar-refractivity contribution is -0.150. The maximum absolute atomic E-state index is 12.1. The number of nitrogen functional groups attached to an aromatic ring is 1. The van der Waals surface area contributed by atoms with Crippen LogP contribution in [0.15, 0.2) is 71.6 Å². The Morgan fingerprint density at radius 1 is 0.968 bits per heavy atom. The summed E-state index contributed by atoms with van der Waals surface area (Å²) in [4.78, 5) is 12.7. The molecule has 0 aromatic heterocycles. The average Bonchev–Trinajstić information content (AvgIpc) is 2.80. The minimum absolute atomic E-state index is 0.490. The van der Waals surface area contributed by atoms with E-state index < -0.39 is 17.3 Å². The Bertz CT molecular complexity index is 1030. The number of hydrogen-bond acceptors (Lipinski definition) is 7. The number of aliphatic hydroxyl groups is 1. The molecule has 0 bridgehead atoms. The molecule has 3 aromatic carbocycles. The number of rotatable bonds is 8. The summed E-state index contributed by atoms with van der Waals surface area (Å²) in [7, 11) is 2.80. The highest BCUT2D eigenvalue weighted by Crippen LogP contribution is 2.42. The molecule has 8 heteroatoms. The van der Waals surface area contributed by atoms with Gasteiger partial charge in [0.1, 0.15) is 17.2 Å². The fourth-order valence-electron chi connectivity index (χ4n) is 2.81. The number of methoxy groups -OCH3 is 2. The monoisotopic (exact) mass is 459 g/mol. The van der Waals surface area contributed by atoms with Gasteiger partial charge in [-0.05, 0) is 60.2 Å². The standard InChI is InChI=1S/C23H22ClNO5S/c1-28-16-7-3-14(4-8-16)22(21(26)23(27)29-2)31-20-13-18(11-12-19(20)25)30-17-9-5-15(24)6-10-17/h3-13,21-22,26H,25H2,1-2H3. The van der Waals surface area contributed by atoms with Gasteiger partial charge in [-0.15, -0.1) is 11.8 Å². The van der Waals surface area contributed by atoms with Crippen molar-refractivity contribution in [2.24, 2.45) is 0 Å². The van der Waals surface area contributed by atoms with Gasteiger partial charge in [0.2, 0.25) is 0 Å². The van der Waals surface area contributed by atoms with Crippen molar-refractivity contribution >= 4 is 35.0 Å². The summed E-state index contributed by atoms with van der Waals surface area (Å²) in [5.41, 5.74) is 7.38. The van der Waals surface area contributed by atoms with Crippen LogP contribution >= 0.6 is 23.4 Å². The lowest BCUT2D eigenvalue weighted by Gasteiger charge is -2.22. The molecule has 31 heavy (non-hydrogen) atoms. The summed E-state index contributed by atoms with van der Waals surface area (Å²) in [6.07, 6.45) is -1.40. The van der Waals surface area contributed by atoms with E-state index in [1.54, 1.807) is 73.8 Å². The molecular formula is C23H22ClNO5S. The van der Waals surface area contributed by atoms with Crippen molar-refractivity contribution in [2.45, 2.75) is 16.2 Å². The van der Waals surface area contributed by atoms with Crippen molar-refractivity contribution in [3.05, 3.63) is 77.3 Å². The van der Waals surface area contributed by atoms with Gasteiger partial charge in [0.25, 0.3) is 0 Å². The predicted octanol–water partition coefficient (Wildman–Crippen LogP) is 5.09. The Kier molecular flexibility index (Phi) is 7.68. The van der Waals surface area contributed by atoms with Gasteiger partial charge in [0, 0.05) is 15.6 Å². The summed E-state index contributed by atoms with van der Waals surface area (Å²) in [5.74, 6) is 1.10. The Hall–Kier alpha value is -2.87. The number of nitrogens with two attached hydrogens (primary N) is 1. The van der Waals surface area contributed by atoms with Crippen molar-refractivity contribution in [1.82, 2.24) is 0 Å². The number of carbonyl (C=O) groups is 1. The number of anilines is 1. The molecule has 0 fully saturated rings. The zero-order chi connectivity index (χ0) is 22.4. The van der Waals surface area contributed by atoms with Gasteiger partial charge >= 0.3 is 5.97 Å². The van der Waals surface area contributed by atoms with Crippen molar-refractivity contribution in [2.75, 3.05) is 20.0 Å². The van der Waals surface area contributed by atoms with Gasteiger partial charge in [-0.3, -0.25) is 0 Å². The smallest absolute Gasteiger partial charge is 0.336 e. The molecule has 0 heterocycles. The second-order valence-electron chi connectivity index (χ2n) is 6.54. The zero-order valence-electron chi connectivity index (χ0n) is 16.9. The lowest BCUT2D eigenvalue weighted by atomic mass is 10.1. The second-order valence-corrected chi connectivity index (χ2v) is 8.16. The molecule has 2 atom stereocenters. The third kappa shape index (κ3) is 5.85. The quantitative estimate of drug-likeness (QED) is 0.275. The topological polar surface area (TPSA) is 91.0 Å². The van der Waals surface area contributed by atoms with Gasteiger partial charge in [0.15, 0.2) is 6.10 Å². The van der Waals surface area contributed by atoms with E-state index in [9.17, 15) is 9.90 Å². The number of hydrogen-bond donors (Lipinski definition) is 2. The molecule has 0 aliphatic rings. The Balaban J connectivity index is 1.90. The van der Waals surface area contributed by atoms with Crippen LogP contribution in [0.4, 0.5) is 5.69 Å². The summed E-state index contributed by atoms with van der Waals surface area (Å²) < 4.78 is 15.8. The van der Waals surface area contributed by atoms with Crippen molar-refractivity contribution in [3.8, 4) is 17.2 Å². The second kappa shape index (κ2) is 10.4. The first kappa shape index (κ1) is 22.8. The first-order valence-electron chi connectivity index (χ1n) is 9.30. The Labute approximate surface area is 189 Å². The molecule has 3 aromatic rings. The Morgan fingerprint density at radius 3 is 2.19 bits per heavy atom. The number of ether oxygens (including phenoxy) is 3. The first-order chi connectivity index (χ1) is 14.9. The molecule has 6 nitrogen and oxygen atoms in total. The molecule has 3 N–H and O–H groups in total. The minimum atomic E-state index is -1.40. The third-order valence-electron chi connectivity index (χ3n) is 4.46. The Morgan fingerprint density at radius 2 is 1.58 bits per heavy atom. The predicted molar refractivity (Wildman–Crippen MR) is 122 cm³/mol. The lowest BCUT2D eigenvalue weighted by Crippen LogP contribution is -2.27. The number of esters is 1. The van der Waals surface area contributed by atoms with Gasteiger partial charge < -0.3 is 25.1 Å². The number of benzene rings is 3. The van der Waals surface area contributed by atoms with E-state index in [4.69, 9.17) is 31.5 Å². The first-order valence-corrected chi connectivity index (χ1v) is 10.6. The molecular weight excluding hydrogens is 438 g/mol. The maximum Gasteiger partial charge on any atom is 0.336 e. The molecule has 0 aliphatic carbocycles. The average molecular weight is 460 g/mol. The number of thioether (sulfide) groups is 1. The number of carbonyl (C=O) groups excluding carboxylic acids is 1. The van der Waals surface area contributed by atoms with Crippen LogP contribution in [0.25, 0.3) is 0 Å². The van der Waals surface area contributed by atoms with E-state index in [0.29, 0.717) is 38.4 Å². The molecule has 0 aliphatic heterocycles. The minimum Gasteiger partial charge on any atom is -0.497 e. The van der Waals surface area contributed by atoms with E-state index in [2.05, 4.69) is 0 Å².